The first kappa shape index (κ1) is 9.01. The molecule has 0 aromatic rings. The molecule has 0 saturated heterocycles. The second-order valence-electron chi connectivity index (χ2n) is 3.58. The van der Waals surface area contributed by atoms with E-state index >= 15 is 0 Å². The minimum atomic E-state index is 0.682. The highest BCUT2D eigenvalue weighted by Gasteiger charge is 2.20. The van der Waals surface area contributed by atoms with Gasteiger partial charge in [0.05, 0.1) is 0 Å². The lowest BCUT2D eigenvalue weighted by atomic mass is 10.00. The molecule has 0 radical (unpaired) electrons. The summed E-state index contributed by atoms with van der Waals surface area (Å²) < 4.78 is 0. The number of nitrogens with one attached hydrogen (secondary N) is 1. The van der Waals surface area contributed by atoms with Crippen molar-refractivity contribution in [2.24, 2.45) is 11.7 Å². The van der Waals surface area contributed by atoms with E-state index < -0.39 is 0 Å². The van der Waals surface area contributed by atoms with Gasteiger partial charge in [0.25, 0.3) is 0 Å². The van der Waals surface area contributed by atoms with Gasteiger partial charge < -0.3 is 11.1 Å². The van der Waals surface area contributed by atoms with Crippen LogP contribution in [0.15, 0.2) is 0 Å². The van der Waals surface area contributed by atoms with Crippen LogP contribution in [0.25, 0.3) is 0 Å². The SMILES string of the molecule is CC(NCCN)C1CCCC1. The average Bonchev–Trinajstić information content (AvgIpc) is 2.52. The Balaban J connectivity index is 2.12. The first-order valence-corrected chi connectivity index (χ1v) is 4.78. The molecule has 66 valence electrons. The highest BCUT2D eigenvalue weighted by molar-refractivity contribution is 4.76. The number of nitrogens with two attached hydrogens (primary N) is 1. The summed E-state index contributed by atoms with van der Waals surface area (Å²) in [5.41, 5.74) is 5.41. The molecule has 2 nitrogen and oxygen atoms in total. The van der Waals surface area contributed by atoms with Crippen molar-refractivity contribution in [3.63, 3.8) is 0 Å². The van der Waals surface area contributed by atoms with E-state index in [4.69, 9.17) is 5.73 Å². The van der Waals surface area contributed by atoms with Crippen molar-refractivity contribution in [2.45, 2.75) is 38.6 Å². The molecule has 0 aromatic carbocycles. The topological polar surface area (TPSA) is 38.0 Å². The maximum atomic E-state index is 5.41. The van der Waals surface area contributed by atoms with Crippen molar-refractivity contribution in [3.8, 4) is 0 Å². The van der Waals surface area contributed by atoms with E-state index in [2.05, 4.69) is 12.2 Å². The van der Waals surface area contributed by atoms with Crippen LogP contribution in [0.3, 0.4) is 0 Å². The molecule has 0 aromatic heterocycles. The Morgan fingerprint density at radius 1 is 1.45 bits per heavy atom. The van der Waals surface area contributed by atoms with Gasteiger partial charge in [-0.3, -0.25) is 0 Å². The standard InChI is InChI=1S/C9H20N2/c1-8(11-7-6-10)9-4-2-3-5-9/h8-9,11H,2-7,10H2,1H3. The van der Waals surface area contributed by atoms with E-state index in [-0.39, 0.29) is 0 Å². The van der Waals surface area contributed by atoms with Crippen LogP contribution in [0.4, 0.5) is 0 Å². The largest absolute Gasteiger partial charge is 0.329 e. The molecule has 2 heteroatoms. The summed E-state index contributed by atoms with van der Waals surface area (Å²) in [6, 6.07) is 0.682. The van der Waals surface area contributed by atoms with Gasteiger partial charge in [0.15, 0.2) is 0 Å². The monoisotopic (exact) mass is 156 g/mol. The first-order chi connectivity index (χ1) is 5.34. The van der Waals surface area contributed by atoms with E-state index in [1.54, 1.807) is 0 Å². The third-order valence-electron chi connectivity index (χ3n) is 2.72. The summed E-state index contributed by atoms with van der Waals surface area (Å²) >= 11 is 0. The molecule has 0 bridgehead atoms. The summed E-state index contributed by atoms with van der Waals surface area (Å²) in [6.07, 6.45) is 5.69. The molecular formula is C9H20N2. The van der Waals surface area contributed by atoms with E-state index in [1.807, 2.05) is 0 Å². The van der Waals surface area contributed by atoms with Gasteiger partial charge in [-0.05, 0) is 25.7 Å². The number of hydrogen-bond acceptors (Lipinski definition) is 2. The molecular weight excluding hydrogens is 136 g/mol. The lowest BCUT2D eigenvalue weighted by Crippen LogP contribution is -2.35. The molecule has 1 saturated carbocycles. The van der Waals surface area contributed by atoms with Crippen molar-refractivity contribution in [2.75, 3.05) is 13.1 Å². The van der Waals surface area contributed by atoms with Crippen molar-refractivity contribution in [1.82, 2.24) is 5.32 Å². The van der Waals surface area contributed by atoms with Crippen molar-refractivity contribution < 1.29 is 0 Å². The summed E-state index contributed by atoms with van der Waals surface area (Å²) in [4.78, 5) is 0. The molecule has 1 aliphatic rings. The van der Waals surface area contributed by atoms with E-state index in [0.29, 0.717) is 6.04 Å². The number of rotatable bonds is 4. The summed E-state index contributed by atoms with van der Waals surface area (Å²) in [5, 5.41) is 3.45. The summed E-state index contributed by atoms with van der Waals surface area (Å²) in [5.74, 6) is 0.918. The van der Waals surface area contributed by atoms with Gasteiger partial charge in [-0.1, -0.05) is 12.8 Å². The zero-order valence-electron chi connectivity index (χ0n) is 7.47. The van der Waals surface area contributed by atoms with E-state index in [0.717, 1.165) is 19.0 Å². The molecule has 0 amide bonds. The second kappa shape index (κ2) is 4.73. The smallest absolute Gasteiger partial charge is 0.00770 e. The molecule has 1 unspecified atom stereocenters. The van der Waals surface area contributed by atoms with Gasteiger partial charge in [0.2, 0.25) is 0 Å². The van der Waals surface area contributed by atoms with Crippen LogP contribution in [0.5, 0.6) is 0 Å². The van der Waals surface area contributed by atoms with Gasteiger partial charge >= 0.3 is 0 Å². The third kappa shape index (κ3) is 2.80. The van der Waals surface area contributed by atoms with Gasteiger partial charge in [-0.2, -0.15) is 0 Å². The molecule has 3 N–H and O–H groups in total. The highest BCUT2D eigenvalue weighted by atomic mass is 14.9. The molecule has 11 heavy (non-hydrogen) atoms. The fourth-order valence-electron chi connectivity index (χ4n) is 1.94. The van der Waals surface area contributed by atoms with Crippen LogP contribution in [0, 0.1) is 5.92 Å². The lowest BCUT2D eigenvalue weighted by molar-refractivity contribution is 0.386. The lowest BCUT2D eigenvalue weighted by Gasteiger charge is -2.19. The van der Waals surface area contributed by atoms with Crippen LogP contribution >= 0.6 is 0 Å². The van der Waals surface area contributed by atoms with Crippen LogP contribution in [-0.2, 0) is 0 Å². The molecule has 1 fully saturated rings. The van der Waals surface area contributed by atoms with Crippen LogP contribution in [0.1, 0.15) is 32.6 Å². The minimum absolute atomic E-state index is 0.682. The zero-order valence-corrected chi connectivity index (χ0v) is 7.47. The van der Waals surface area contributed by atoms with Crippen molar-refractivity contribution >= 4 is 0 Å². The maximum Gasteiger partial charge on any atom is 0.00770 e. The zero-order chi connectivity index (χ0) is 8.10. The third-order valence-corrected chi connectivity index (χ3v) is 2.72. The maximum absolute atomic E-state index is 5.41. The molecule has 1 aliphatic carbocycles. The Morgan fingerprint density at radius 2 is 2.09 bits per heavy atom. The first-order valence-electron chi connectivity index (χ1n) is 4.78. The Labute approximate surface area is 69.5 Å². The summed E-state index contributed by atoms with van der Waals surface area (Å²) in [7, 11) is 0. The predicted octanol–water partition coefficient (Wildman–Crippen LogP) is 1.11. The predicted molar refractivity (Wildman–Crippen MR) is 48.5 cm³/mol. The fourth-order valence-corrected chi connectivity index (χ4v) is 1.94. The molecule has 1 rings (SSSR count). The Bertz CT molecular complexity index is 97.7. The van der Waals surface area contributed by atoms with Gasteiger partial charge in [-0.15, -0.1) is 0 Å². The van der Waals surface area contributed by atoms with Crippen LogP contribution < -0.4 is 11.1 Å². The minimum Gasteiger partial charge on any atom is -0.329 e. The van der Waals surface area contributed by atoms with Crippen LogP contribution in [-0.4, -0.2) is 19.1 Å². The van der Waals surface area contributed by atoms with Gasteiger partial charge in [-0.25, -0.2) is 0 Å². The van der Waals surface area contributed by atoms with Crippen molar-refractivity contribution in [1.29, 1.82) is 0 Å². The van der Waals surface area contributed by atoms with Gasteiger partial charge in [0, 0.05) is 19.1 Å². The molecule has 0 heterocycles. The quantitative estimate of drug-likeness (QED) is 0.640. The van der Waals surface area contributed by atoms with Crippen molar-refractivity contribution in [3.05, 3.63) is 0 Å². The van der Waals surface area contributed by atoms with Gasteiger partial charge in [0.1, 0.15) is 0 Å². The molecule has 1 atom stereocenters. The average molecular weight is 156 g/mol. The van der Waals surface area contributed by atoms with E-state index in [1.165, 1.54) is 25.7 Å². The Morgan fingerprint density at radius 3 is 2.64 bits per heavy atom. The Kier molecular flexibility index (Phi) is 3.87. The molecule has 0 spiro atoms. The van der Waals surface area contributed by atoms with Crippen LogP contribution in [0.2, 0.25) is 0 Å². The highest BCUT2D eigenvalue weighted by Crippen LogP contribution is 2.27. The number of hydrogen-bond donors (Lipinski definition) is 2. The Hall–Kier alpha value is -0.0800. The van der Waals surface area contributed by atoms with E-state index in [9.17, 15) is 0 Å². The normalized spacial score (nSPS) is 22.4. The summed E-state index contributed by atoms with van der Waals surface area (Å²) in [6.45, 7) is 4.01. The molecule has 0 aliphatic heterocycles. The fraction of sp³-hybridized carbons (Fsp3) is 1.00. The second-order valence-corrected chi connectivity index (χ2v) is 3.58.